The average molecular weight is 502 g/mol. The van der Waals surface area contributed by atoms with Crippen molar-refractivity contribution in [1.82, 2.24) is 4.90 Å². The molecule has 2 aromatic carbocycles. The summed E-state index contributed by atoms with van der Waals surface area (Å²) in [5.41, 5.74) is 9.40. The maximum Gasteiger partial charge on any atom is 0.123 e. The molecular weight excluding hydrogens is 457 g/mol. The van der Waals surface area contributed by atoms with Crippen LogP contribution >= 0.6 is 0 Å². The number of piperidine rings is 1. The van der Waals surface area contributed by atoms with Crippen LogP contribution < -0.4 is 4.90 Å². The van der Waals surface area contributed by atoms with Gasteiger partial charge in [-0.2, -0.15) is 0 Å². The molecule has 1 N–H and O–H groups in total. The second kappa shape index (κ2) is 12.7. The van der Waals surface area contributed by atoms with Crippen LogP contribution in [0.5, 0.6) is 0 Å². The molecular formula is C33H44FN3. The van der Waals surface area contributed by atoms with Gasteiger partial charge in [0.2, 0.25) is 0 Å². The Morgan fingerprint density at radius 2 is 1.92 bits per heavy atom. The van der Waals surface area contributed by atoms with Gasteiger partial charge < -0.3 is 15.2 Å². The van der Waals surface area contributed by atoms with Crippen LogP contribution in [0, 0.1) is 24.1 Å². The summed E-state index contributed by atoms with van der Waals surface area (Å²) in [6.07, 6.45) is 11.9. The lowest BCUT2D eigenvalue weighted by Gasteiger charge is -2.32. The van der Waals surface area contributed by atoms with Gasteiger partial charge in [-0.15, -0.1) is 6.58 Å². The van der Waals surface area contributed by atoms with Crippen molar-refractivity contribution < 1.29 is 4.39 Å². The fourth-order valence-electron chi connectivity index (χ4n) is 6.12. The molecule has 2 aliphatic heterocycles. The van der Waals surface area contributed by atoms with Crippen molar-refractivity contribution >= 4 is 17.0 Å². The SMILES string of the molecule is C=CCCc1cc(C(=C)CCCCN2CCC(C(=N)c3ccc(F)cc3C)CC2)cc2c1N(C)CCC2. The number of hydrogen-bond acceptors (Lipinski definition) is 3. The molecule has 0 saturated carbocycles. The second-order valence-electron chi connectivity index (χ2n) is 11.0. The van der Waals surface area contributed by atoms with Crippen molar-refractivity contribution in [2.24, 2.45) is 5.92 Å². The number of aryl methyl sites for hydroxylation is 3. The van der Waals surface area contributed by atoms with Gasteiger partial charge in [0.25, 0.3) is 0 Å². The number of anilines is 1. The first-order chi connectivity index (χ1) is 17.9. The third-order valence-electron chi connectivity index (χ3n) is 8.29. The monoisotopic (exact) mass is 501 g/mol. The number of likely N-dealkylation sites (tertiary alicyclic amines) is 1. The summed E-state index contributed by atoms with van der Waals surface area (Å²) in [4.78, 5) is 4.97. The number of unbranched alkanes of at least 4 members (excludes halogenated alkanes) is 1. The average Bonchev–Trinajstić information content (AvgIpc) is 2.89. The number of nitrogens with one attached hydrogen (secondary N) is 1. The molecule has 0 bridgehead atoms. The van der Waals surface area contributed by atoms with E-state index in [9.17, 15) is 4.39 Å². The van der Waals surface area contributed by atoms with E-state index in [4.69, 9.17) is 5.41 Å². The van der Waals surface area contributed by atoms with Gasteiger partial charge in [0.1, 0.15) is 5.82 Å². The summed E-state index contributed by atoms with van der Waals surface area (Å²) in [5, 5.41) is 8.66. The minimum absolute atomic E-state index is 0.223. The van der Waals surface area contributed by atoms with Crippen LogP contribution in [0.15, 0.2) is 49.6 Å². The molecule has 1 saturated heterocycles. The van der Waals surface area contributed by atoms with Crippen LogP contribution in [0.3, 0.4) is 0 Å². The highest BCUT2D eigenvalue weighted by molar-refractivity contribution is 6.01. The van der Waals surface area contributed by atoms with Crippen LogP contribution in [0.25, 0.3) is 5.57 Å². The molecule has 0 radical (unpaired) electrons. The highest BCUT2D eigenvalue weighted by atomic mass is 19.1. The topological polar surface area (TPSA) is 30.3 Å². The van der Waals surface area contributed by atoms with Crippen molar-refractivity contribution in [3.05, 3.63) is 83.2 Å². The minimum Gasteiger partial charge on any atom is -0.374 e. The lowest BCUT2D eigenvalue weighted by atomic mass is 9.86. The van der Waals surface area contributed by atoms with Crippen LogP contribution in [-0.2, 0) is 12.8 Å². The zero-order valence-electron chi connectivity index (χ0n) is 22.9. The molecule has 0 atom stereocenters. The van der Waals surface area contributed by atoms with E-state index in [2.05, 4.69) is 42.1 Å². The minimum atomic E-state index is -0.223. The van der Waals surface area contributed by atoms with E-state index in [0.29, 0.717) is 5.71 Å². The largest absolute Gasteiger partial charge is 0.374 e. The first-order valence-electron chi connectivity index (χ1n) is 14.1. The Kier molecular flexibility index (Phi) is 9.37. The number of fused-ring (bicyclic) bond motifs is 1. The van der Waals surface area contributed by atoms with Gasteiger partial charge in [0.05, 0.1) is 0 Å². The van der Waals surface area contributed by atoms with Gasteiger partial charge in [-0.3, -0.25) is 0 Å². The Hall–Kier alpha value is -2.72. The zero-order chi connectivity index (χ0) is 26.4. The Balaban J connectivity index is 1.24. The summed E-state index contributed by atoms with van der Waals surface area (Å²) in [6.45, 7) is 14.6. The van der Waals surface area contributed by atoms with E-state index in [0.717, 1.165) is 82.3 Å². The molecule has 4 rings (SSSR count). The third kappa shape index (κ3) is 6.78. The van der Waals surface area contributed by atoms with Gasteiger partial charge in [-0.1, -0.05) is 12.7 Å². The molecule has 0 aliphatic carbocycles. The van der Waals surface area contributed by atoms with Crippen LogP contribution in [0.2, 0.25) is 0 Å². The number of rotatable bonds is 11. The highest BCUT2D eigenvalue weighted by Crippen LogP contribution is 2.35. The van der Waals surface area contributed by atoms with Crippen LogP contribution in [0.4, 0.5) is 10.1 Å². The number of benzene rings is 2. The zero-order valence-corrected chi connectivity index (χ0v) is 22.9. The molecule has 198 valence electrons. The lowest BCUT2D eigenvalue weighted by Crippen LogP contribution is -2.37. The summed E-state index contributed by atoms with van der Waals surface area (Å²) in [5.74, 6) is 0.0532. The number of nitrogens with zero attached hydrogens (tertiary/aromatic N) is 2. The molecule has 0 spiro atoms. The molecule has 3 nitrogen and oxygen atoms in total. The molecule has 2 aromatic rings. The Bertz CT molecular complexity index is 1130. The molecule has 1 fully saturated rings. The molecule has 37 heavy (non-hydrogen) atoms. The first-order valence-corrected chi connectivity index (χ1v) is 14.1. The summed E-state index contributed by atoms with van der Waals surface area (Å²) in [6, 6.07) is 9.57. The smallest absolute Gasteiger partial charge is 0.123 e. The Morgan fingerprint density at radius 3 is 2.65 bits per heavy atom. The fourth-order valence-corrected chi connectivity index (χ4v) is 6.12. The number of hydrogen-bond donors (Lipinski definition) is 1. The van der Waals surface area contributed by atoms with Crippen molar-refractivity contribution in [1.29, 1.82) is 5.41 Å². The molecule has 0 aromatic heterocycles. The van der Waals surface area contributed by atoms with E-state index < -0.39 is 0 Å². The fraction of sp³-hybridized carbons (Fsp3) is 0.485. The maximum absolute atomic E-state index is 13.5. The molecule has 2 aliphatic rings. The van der Waals surface area contributed by atoms with Gasteiger partial charge in [-0.05, 0) is 148 Å². The normalized spacial score (nSPS) is 16.5. The van der Waals surface area contributed by atoms with Gasteiger partial charge >= 0.3 is 0 Å². The maximum atomic E-state index is 13.5. The molecule has 4 heteroatoms. The van der Waals surface area contributed by atoms with Crippen molar-refractivity contribution in [2.45, 2.75) is 64.7 Å². The molecule has 0 amide bonds. The summed E-state index contributed by atoms with van der Waals surface area (Å²) in [7, 11) is 2.22. The predicted octanol–water partition coefficient (Wildman–Crippen LogP) is 7.60. The first kappa shape index (κ1) is 27.3. The molecule has 2 heterocycles. The summed E-state index contributed by atoms with van der Waals surface area (Å²) < 4.78 is 13.5. The summed E-state index contributed by atoms with van der Waals surface area (Å²) >= 11 is 0. The standard InChI is InChI=1S/C33H44FN3/c1-5-6-11-27-22-29(23-28-12-9-17-36(4)33(27)28)24(2)10-7-8-18-37-19-15-26(16-20-37)32(35)31-14-13-30(34)21-25(31)3/h5,13-14,21-23,26,35H,1-2,6-12,15-20H2,3-4H3. The van der Waals surface area contributed by atoms with E-state index >= 15 is 0 Å². The third-order valence-corrected chi connectivity index (χ3v) is 8.29. The van der Waals surface area contributed by atoms with E-state index in [1.807, 2.05) is 13.0 Å². The quantitative estimate of drug-likeness (QED) is 0.195. The van der Waals surface area contributed by atoms with Gasteiger partial charge in [-0.25, -0.2) is 4.39 Å². The Morgan fingerprint density at radius 1 is 1.14 bits per heavy atom. The van der Waals surface area contributed by atoms with Gasteiger partial charge in [0.15, 0.2) is 0 Å². The van der Waals surface area contributed by atoms with Crippen LogP contribution in [0.1, 0.15) is 72.8 Å². The van der Waals surface area contributed by atoms with E-state index in [1.165, 1.54) is 52.9 Å². The number of allylic oxidation sites excluding steroid dienone is 2. The Labute approximate surface area is 223 Å². The number of halogens is 1. The van der Waals surface area contributed by atoms with E-state index in [1.54, 1.807) is 6.07 Å². The van der Waals surface area contributed by atoms with Crippen molar-refractivity contribution in [3.8, 4) is 0 Å². The molecule has 0 unspecified atom stereocenters. The lowest BCUT2D eigenvalue weighted by molar-refractivity contribution is 0.206. The van der Waals surface area contributed by atoms with Gasteiger partial charge in [0, 0.05) is 30.9 Å². The predicted molar refractivity (Wildman–Crippen MR) is 157 cm³/mol. The highest BCUT2D eigenvalue weighted by Gasteiger charge is 2.24. The van der Waals surface area contributed by atoms with Crippen LogP contribution in [-0.4, -0.2) is 43.8 Å². The van der Waals surface area contributed by atoms with Crippen molar-refractivity contribution in [2.75, 3.05) is 38.1 Å². The second-order valence-corrected chi connectivity index (χ2v) is 11.0. The van der Waals surface area contributed by atoms with E-state index in [-0.39, 0.29) is 11.7 Å². The van der Waals surface area contributed by atoms with Crippen molar-refractivity contribution in [3.63, 3.8) is 0 Å².